The lowest BCUT2D eigenvalue weighted by atomic mass is 9.97. The predicted octanol–water partition coefficient (Wildman–Crippen LogP) is 2.02. The van der Waals surface area contributed by atoms with Crippen molar-refractivity contribution in [1.29, 1.82) is 0 Å². The van der Waals surface area contributed by atoms with E-state index in [1.54, 1.807) is 0 Å². The highest BCUT2D eigenvalue weighted by molar-refractivity contribution is 5.97. The SMILES string of the molecule is CCCc1ccc(C(=O)CN2CCCC(C(N)=O)C2)cc1. The van der Waals surface area contributed by atoms with E-state index < -0.39 is 0 Å². The van der Waals surface area contributed by atoms with Gasteiger partial charge in [0.15, 0.2) is 5.78 Å². The van der Waals surface area contributed by atoms with Crippen molar-refractivity contribution in [3.05, 3.63) is 35.4 Å². The lowest BCUT2D eigenvalue weighted by Crippen LogP contribution is -2.43. The molecule has 1 aromatic carbocycles. The van der Waals surface area contributed by atoms with Gasteiger partial charge in [0.1, 0.15) is 0 Å². The number of hydrogen-bond donors (Lipinski definition) is 1. The van der Waals surface area contributed by atoms with Crippen molar-refractivity contribution in [3.8, 4) is 0 Å². The normalized spacial score (nSPS) is 19.4. The number of primary amides is 1. The van der Waals surface area contributed by atoms with E-state index in [4.69, 9.17) is 5.73 Å². The van der Waals surface area contributed by atoms with Crippen LogP contribution < -0.4 is 5.73 Å². The second-order valence-electron chi connectivity index (χ2n) is 5.85. The van der Waals surface area contributed by atoms with Gasteiger partial charge in [0.25, 0.3) is 0 Å². The highest BCUT2D eigenvalue weighted by Crippen LogP contribution is 2.16. The number of carbonyl (C=O) groups excluding carboxylic acids is 2. The maximum absolute atomic E-state index is 12.3. The molecule has 0 aliphatic carbocycles. The maximum atomic E-state index is 12.3. The molecule has 0 saturated carbocycles. The Morgan fingerprint density at radius 3 is 2.62 bits per heavy atom. The van der Waals surface area contributed by atoms with Crippen LogP contribution in [-0.2, 0) is 11.2 Å². The summed E-state index contributed by atoms with van der Waals surface area (Å²) in [6.07, 6.45) is 3.92. The van der Waals surface area contributed by atoms with Crippen LogP contribution in [0.2, 0.25) is 0 Å². The summed E-state index contributed by atoms with van der Waals surface area (Å²) in [5.74, 6) is -0.252. The summed E-state index contributed by atoms with van der Waals surface area (Å²) in [7, 11) is 0. The lowest BCUT2D eigenvalue weighted by molar-refractivity contribution is -0.123. The molecule has 1 amide bonds. The molecule has 0 aromatic heterocycles. The van der Waals surface area contributed by atoms with Gasteiger partial charge in [0, 0.05) is 12.1 Å². The summed E-state index contributed by atoms with van der Waals surface area (Å²) in [6, 6.07) is 7.87. The fraction of sp³-hybridized carbons (Fsp3) is 0.529. The Hall–Kier alpha value is -1.68. The highest BCUT2D eigenvalue weighted by atomic mass is 16.1. The second kappa shape index (κ2) is 7.36. The zero-order valence-corrected chi connectivity index (χ0v) is 12.7. The molecule has 21 heavy (non-hydrogen) atoms. The van der Waals surface area contributed by atoms with Gasteiger partial charge in [-0.05, 0) is 31.4 Å². The molecule has 0 radical (unpaired) electrons. The molecule has 4 heteroatoms. The molecular weight excluding hydrogens is 264 g/mol. The van der Waals surface area contributed by atoms with Gasteiger partial charge < -0.3 is 5.73 Å². The van der Waals surface area contributed by atoms with Crippen molar-refractivity contribution in [3.63, 3.8) is 0 Å². The first kappa shape index (κ1) is 15.7. The number of rotatable bonds is 6. The van der Waals surface area contributed by atoms with Crippen LogP contribution in [0.25, 0.3) is 0 Å². The maximum Gasteiger partial charge on any atom is 0.221 e. The van der Waals surface area contributed by atoms with Gasteiger partial charge in [-0.25, -0.2) is 0 Å². The van der Waals surface area contributed by atoms with Crippen molar-refractivity contribution < 1.29 is 9.59 Å². The van der Waals surface area contributed by atoms with Crippen LogP contribution in [0.5, 0.6) is 0 Å². The average molecular weight is 288 g/mol. The molecule has 0 spiro atoms. The third-order valence-corrected chi connectivity index (χ3v) is 4.09. The van der Waals surface area contributed by atoms with Gasteiger partial charge in [0.2, 0.25) is 5.91 Å². The summed E-state index contributed by atoms with van der Waals surface area (Å²) in [6.45, 7) is 3.99. The number of benzene rings is 1. The van der Waals surface area contributed by atoms with E-state index in [0.717, 1.165) is 37.8 Å². The summed E-state index contributed by atoms with van der Waals surface area (Å²) in [5, 5.41) is 0. The molecule has 114 valence electrons. The van der Waals surface area contributed by atoms with Crippen LogP contribution in [0.1, 0.15) is 42.1 Å². The van der Waals surface area contributed by atoms with Crippen LogP contribution >= 0.6 is 0 Å². The number of hydrogen-bond acceptors (Lipinski definition) is 3. The molecule has 2 rings (SSSR count). The number of amides is 1. The molecule has 1 aromatic rings. The third-order valence-electron chi connectivity index (χ3n) is 4.09. The minimum Gasteiger partial charge on any atom is -0.369 e. The lowest BCUT2D eigenvalue weighted by Gasteiger charge is -2.30. The molecule has 1 atom stereocenters. The molecule has 1 heterocycles. The first-order valence-corrected chi connectivity index (χ1v) is 7.74. The van der Waals surface area contributed by atoms with Crippen LogP contribution in [-0.4, -0.2) is 36.2 Å². The Kier molecular flexibility index (Phi) is 5.51. The number of nitrogens with zero attached hydrogens (tertiary/aromatic N) is 1. The fourth-order valence-corrected chi connectivity index (χ4v) is 2.87. The number of ketones is 1. The smallest absolute Gasteiger partial charge is 0.221 e. The predicted molar refractivity (Wildman–Crippen MR) is 83.1 cm³/mol. The van der Waals surface area contributed by atoms with Crippen molar-refractivity contribution in [2.45, 2.75) is 32.6 Å². The summed E-state index contributed by atoms with van der Waals surface area (Å²) < 4.78 is 0. The zero-order valence-electron chi connectivity index (χ0n) is 12.7. The molecule has 1 unspecified atom stereocenters. The Bertz CT molecular complexity index is 496. The van der Waals surface area contributed by atoms with E-state index in [0.29, 0.717) is 13.1 Å². The second-order valence-corrected chi connectivity index (χ2v) is 5.85. The van der Waals surface area contributed by atoms with E-state index >= 15 is 0 Å². The van der Waals surface area contributed by atoms with E-state index in [1.807, 2.05) is 29.2 Å². The van der Waals surface area contributed by atoms with E-state index in [2.05, 4.69) is 6.92 Å². The van der Waals surface area contributed by atoms with Crippen LogP contribution in [0.15, 0.2) is 24.3 Å². The first-order chi connectivity index (χ1) is 10.1. The van der Waals surface area contributed by atoms with Gasteiger partial charge in [-0.1, -0.05) is 37.6 Å². The van der Waals surface area contributed by atoms with E-state index in [9.17, 15) is 9.59 Å². The summed E-state index contributed by atoms with van der Waals surface area (Å²) >= 11 is 0. The monoisotopic (exact) mass is 288 g/mol. The number of aryl methyl sites for hydroxylation is 1. The minimum atomic E-state index is -0.254. The number of piperidine rings is 1. The van der Waals surface area contributed by atoms with Crippen LogP contribution in [0.4, 0.5) is 0 Å². The van der Waals surface area contributed by atoms with E-state index in [1.165, 1.54) is 5.56 Å². The molecule has 4 nitrogen and oxygen atoms in total. The minimum absolute atomic E-state index is 0.113. The highest BCUT2D eigenvalue weighted by Gasteiger charge is 2.25. The molecule has 0 bridgehead atoms. The Morgan fingerprint density at radius 1 is 1.29 bits per heavy atom. The number of nitrogens with two attached hydrogens (primary N) is 1. The van der Waals surface area contributed by atoms with Crippen molar-refractivity contribution in [1.82, 2.24) is 4.90 Å². The van der Waals surface area contributed by atoms with Gasteiger partial charge in [-0.15, -0.1) is 0 Å². The van der Waals surface area contributed by atoms with Crippen molar-refractivity contribution in [2.24, 2.45) is 11.7 Å². The standard InChI is InChI=1S/C17H24N2O2/c1-2-4-13-6-8-14(9-7-13)16(20)12-19-10-3-5-15(11-19)17(18)21/h6-9,15H,2-5,10-12H2,1H3,(H2,18,21). The molecular formula is C17H24N2O2. The Labute approximate surface area is 126 Å². The Morgan fingerprint density at radius 2 is 2.00 bits per heavy atom. The topological polar surface area (TPSA) is 63.4 Å². The van der Waals surface area contributed by atoms with Gasteiger partial charge in [0.05, 0.1) is 12.5 Å². The molecule has 1 aliphatic heterocycles. The number of likely N-dealkylation sites (tertiary alicyclic amines) is 1. The first-order valence-electron chi connectivity index (χ1n) is 7.74. The largest absolute Gasteiger partial charge is 0.369 e. The molecule has 1 aliphatic rings. The van der Waals surface area contributed by atoms with Crippen LogP contribution in [0.3, 0.4) is 0 Å². The van der Waals surface area contributed by atoms with Crippen molar-refractivity contribution in [2.75, 3.05) is 19.6 Å². The third kappa shape index (κ3) is 4.39. The van der Waals surface area contributed by atoms with E-state index in [-0.39, 0.29) is 17.6 Å². The van der Waals surface area contributed by atoms with Crippen LogP contribution in [0, 0.1) is 5.92 Å². The number of Topliss-reactive ketones (excluding diaryl/α,β-unsaturated/α-hetero) is 1. The van der Waals surface area contributed by atoms with Crippen molar-refractivity contribution >= 4 is 11.7 Å². The zero-order chi connectivity index (χ0) is 15.2. The Balaban J connectivity index is 1.92. The number of carbonyl (C=O) groups is 2. The summed E-state index contributed by atoms with van der Waals surface area (Å²) in [4.78, 5) is 25.6. The van der Waals surface area contributed by atoms with Gasteiger partial charge in [-0.3, -0.25) is 14.5 Å². The average Bonchev–Trinajstić information content (AvgIpc) is 2.48. The summed E-state index contributed by atoms with van der Waals surface area (Å²) in [5.41, 5.74) is 7.38. The molecule has 1 saturated heterocycles. The van der Waals surface area contributed by atoms with Gasteiger partial charge in [-0.2, -0.15) is 0 Å². The molecule has 2 N–H and O–H groups in total. The van der Waals surface area contributed by atoms with Gasteiger partial charge >= 0.3 is 0 Å². The quantitative estimate of drug-likeness (QED) is 0.815. The fourth-order valence-electron chi connectivity index (χ4n) is 2.87. The molecule has 1 fully saturated rings.